The van der Waals surface area contributed by atoms with Gasteiger partial charge >= 0.3 is 0 Å². The molecule has 0 aliphatic carbocycles. The van der Waals surface area contributed by atoms with Crippen molar-refractivity contribution in [1.29, 1.82) is 0 Å². The molecule has 0 saturated carbocycles. The number of nitrogens with one attached hydrogen (secondary N) is 1. The number of halogens is 1. The van der Waals surface area contributed by atoms with Crippen LogP contribution < -0.4 is 11.1 Å². The molecule has 0 spiro atoms. The summed E-state index contributed by atoms with van der Waals surface area (Å²) >= 11 is 6.15. The fraction of sp³-hybridized carbons (Fsp3) is 0.333. The summed E-state index contributed by atoms with van der Waals surface area (Å²) in [6.45, 7) is 2.26. The van der Waals surface area contributed by atoms with Crippen molar-refractivity contribution in [1.82, 2.24) is 4.90 Å². The molecule has 1 aliphatic rings. The minimum Gasteiger partial charge on any atom is -0.369 e. The second-order valence-corrected chi connectivity index (χ2v) is 7.36. The van der Waals surface area contributed by atoms with Gasteiger partial charge in [-0.25, -0.2) is 0 Å². The average Bonchev–Trinajstić information content (AvgIpc) is 2.65. The fourth-order valence-corrected chi connectivity index (χ4v) is 3.66. The maximum atomic E-state index is 12.5. The Hall–Kier alpha value is -2.37. The zero-order valence-corrected chi connectivity index (χ0v) is 15.9. The lowest BCUT2D eigenvalue weighted by molar-refractivity contribution is -0.123. The van der Waals surface area contributed by atoms with E-state index in [1.54, 1.807) is 6.07 Å². The molecular weight excluding hydrogens is 362 g/mol. The number of nitrogens with two attached hydrogens (primary N) is 1. The number of rotatable bonds is 6. The predicted octanol–water partition coefficient (Wildman–Crippen LogP) is 3.22. The number of amides is 2. The van der Waals surface area contributed by atoms with E-state index in [4.69, 9.17) is 17.3 Å². The molecule has 1 heterocycles. The maximum Gasteiger partial charge on any atom is 0.228 e. The van der Waals surface area contributed by atoms with Gasteiger partial charge in [-0.15, -0.1) is 0 Å². The van der Waals surface area contributed by atoms with Gasteiger partial charge in [0.25, 0.3) is 0 Å². The van der Waals surface area contributed by atoms with Crippen LogP contribution in [0, 0.1) is 5.92 Å². The van der Waals surface area contributed by atoms with Crippen LogP contribution >= 0.6 is 11.6 Å². The lowest BCUT2D eigenvalue weighted by Crippen LogP contribution is -2.40. The molecule has 2 aromatic carbocycles. The molecule has 27 heavy (non-hydrogen) atoms. The topological polar surface area (TPSA) is 75.4 Å². The van der Waals surface area contributed by atoms with E-state index >= 15 is 0 Å². The molecule has 1 saturated heterocycles. The van der Waals surface area contributed by atoms with E-state index in [1.165, 1.54) is 0 Å². The largest absolute Gasteiger partial charge is 0.369 e. The summed E-state index contributed by atoms with van der Waals surface area (Å²) < 4.78 is 0. The summed E-state index contributed by atoms with van der Waals surface area (Å²) in [5, 5.41) is 3.58. The Balaban J connectivity index is 1.66. The Bertz CT molecular complexity index is 825. The highest BCUT2D eigenvalue weighted by Gasteiger charge is 2.24. The van der Waals surface area contributed by atoms with E-state index in [2.05, 4.69) is 10.2 Å². The molecule has 0 unspecified atom stereocenters. The van der Waals surface area contributed by atoms with Gasteiger partial charge in [-0.2, -0.15) is 0 Å². The van der Waals surface area contributed by atoms with E-state index in [-0.39, 0.29) is 24.2 Å². The Morgan fingerprint density at radius 2 is 1.81 bits per heavy atom. The molecule has 1 atom stereocenters. The number of hydrogen-bond acceptors (Lipinski definition) is 3. The number of piperidine rings is 1. The van der Waals surface area contributed by atoms with Gasteiger partial charge in [0.1, 0.15) is 0 Å². The van der Waals surface area contributed by atoms with E-state index in [9.17, 15) is 9.59 Å². The number of para-hydroxylation sites is 1. The SMILES string of the molecule is NC(=O)[C@H]1CCCN(Cc2ccccc2NC(=O)Cc2ccccc2Cl)C1. The Labute approximate surface area is 164 Å². The van der Waals surface area contributed by atoms with Crippen LogP contribution in [0.5, 0.6) is 0 Å². The monoisotopic (exact) mass is 385 g/mol. The van der Waals surface area contributed by atoms with Crippen molar-refractivity contribution in [3.05, 3.63) is 64.7 Å². The minimum atomic E-state index is -0.235. The molecule has 3 N–H and O–H groups in total. The van der Waals surface area contributed by atoms with Crippen molar-refractivity contribution in [2.45, 2.75) is 25.8 Å². The Morgan fingerprint density at radius 3 is 2.56 bits per heavy atom. The number of nitrogens with zero attached hydrogens (tertiary/aromatic N) is 1. The Kier molecular flexibility index (Phi) is 6.48. The standard InChI is InChI=1S/C21H24ClN3O2/c22-18-9-3-1-6-15(18)12-20(26)24-19-10-4-2-7-16(19)13-25-11-5-8-17(14-25)21(23)27/h1-4,6-7,9-10,17H,5,8,11-14H2,(H2,23,27)(H,24,26)/t17-/m0/s1. The first kappa shape index (κ1) is 19.4. The molecule has 2 aromatic rings. The molecule has 0 aromatic heterocycles. The van der Waals surface area contributed by atoms with Crippen LogP contribution in [0.3, 0.4) is 0 Å². The van der Waals surface area contributed by atoms with Crippen LogP contribution in [0.25, 0.3) is 0 Å². The normalized spacial score (nSPS) is 17.4. The van der Waals surface area contributed by atoms with Gasteiger partial charge in [-0.1, -0.05) is 48.0 Å². The first-order chi connectivity index (χ1) is 13.0. The molecular formula is C21H24ClN3O2. The van der Waals surface area contributed by atoms with Gasteiger partial charge in [0.05, 0.1) is 12.3 Å². The summed E-state index contributed by atoms with van der Waals surface area (Å²) in [4.78, 5) is 26.2. The molecule has 142 valence electrons. The number of likely N-dealkylation sites (tertiary alicyclic amines) is 1. The van der Waals surface area contributed by atoms with Crippen molar-refractivity contribution < 1.29 is 9.59 Å². The third-order valence-electron chi connectivity index (χ3n) is 4.90. The molecule has 5 nitrogen and oxygen atoms in total. The van der Waals surface area contributed by atoms with Gasteiger partial charge < -0.3 is 11.1 Å². The van der Waals surface area contributed by atoms with Gasteiger partial charge in [0.15, 0.2) is 0 Å². The number of carbonyl (C=O) groups is 2. The second-order valence-electron chi connectivity index (χ2n) is 6.95. The van der Waals surface area contributed by atoms with E-state index in [0.29, 0.717) is 18.1 Å². The van der Waals surface area contributed by atoms with Gasteiger partial charge in [0, 0.05) is 23.8 Å². The van der Waals surface area contributed by atoms with Crippen LogP contribution in [-0.4, -0.2) is 29.8 Å². The van der Waals surface area contributed by atoms with Crippen molar-refractivity contribution in [3.63, 3.8) is 0 Å². The Morgan fingerprint density at radius 1 is 1.11 bits per heavy atom. The highest BCUT2D eigenvalue weighted by atomic mass is 35.5. The van der Waals surface area contributed by atoms with E-state index in [1.807, 2.05) is 42.5 Å². The van der Waals surface area contributed by atoms with Crippen LogP contribution in [0.15, 0.2) is 48.5 Å². The summed E-state index contributed by atoms with van der Waals surface area (Å²) in [6, 6.07) is 15.1. The van der Waals surface area contributed by atoms with Crippen molar-refractivity contribution in [3.8, 4) is 0 Å². The molecule has 3 rings (SSSR count). The minimum absolute atomic E-state index is 0.0966. The van der Waals surface area contributed by atoms with E-state index < -0.39 is 0 Å². The number of anilines is 1. The van der Waals surface area contributed by atoms with Gasteiger partial charge in [-0.05, 0) is 42.6 Å². The molecule has 6 heteroatoms. The van der Waals surface area contributed by atoms with Crippen LogP contribution in [-0.2, 0) is 22.6 Å². The van der Waals surface area contributed by atoms with Crippen molar-refractivity contribution >= 4 is 29.1 Å². The van der Waals surface area contributed by atoms with Crippen LogP contribution in [0.4, 0.5) is 5.69 Å². The summed E-state index contributed by atoms with van der Waals surface area (Å²) in [5.41, 5.74) is 8.08. The summed E-state index contributed by atoms with van der Waals surface area (Å²) in [5.74, 6) is -0.439. The van der Waals surface area contributed by atoms with Crippen molar-refractivity contribution in [2.24, 2.45) is 11.7 Å². The third kappa shape index (κ3) is 5.31. The third-order valence-corrected chi connectivity index (χ3v) is 5.27. The molecule has 1 fully saturated rings. The molecule has 2 amide bonds. The fourth-order valence-electron chi connectivity index (χ4n) is 3.46. The number of benzene rings is 2. The molecule has 1 aliphatic heterocycles. The average molecular weight is 386 g/mol. The maximum absolute atomic E-state index is 12.5. The zero-order chi connectivity index (χ0) is 19.2. The van der Waals surface area contributed by atoms with Crippen LogP contribution in [0.2, 0.25) is 5.02 Å². The predicted molar refractivity (Wildman–Crippen MR) is 107 cm³/mol. The van der Waals surface area contributed by atoms with Crippen molar-refractivity contribution in [2.75, 3.05) is 18.4 Å². The van der Waals surface area contributed by atoms with Gasteiger partial charge in [-0.3, -0.25) is 14.5 Å². The number of hydrogen-bond donors (Lipinski definition) is 2. The molecule has 0 bridgehead atoms. The highest BCUT2D eigenvalue weighted by Crippen LogP contribution is 2.23. The second kappa shape index (κ2) is 9.02. The first-order valence-electron chi connectivity index (χ1n) is 9.16. The summed E-state index contributed by atoms with van der Waals surface area (Å²) in [7, 11) is 0. The smallest absolute Gasteiger partial charge is 0.228 e. The summed E-state index contributed by atoms with van der Waals surface area (Å²) in [6.07, 6.45) is 2.03. The highest BCUT2D eigenvalue weighted by molar-refractivity contribution is 6.31. The van der Waals surface area contributed by atoms with Crippen LogP contribution in [0.1, 0.15) is 24.0 Å². The quantitative estimate of drug-likeness (QED) is 0.801. The number of primary amides is 1. The number of carbonyl (C=O) groups excluding carboxylic acids is 2. The molecule has 0 radical (unpaired) electrons. The zero-order valence-electron chi connectivity index (χ0n) is 15.2. The van der Waals surface area contributed by atoms with E-state index in [0.717, 1.165) is 36.2 Å². The first-order valence-corrected chi connectivity index (χ1v) is 9.53. The lowest BCUT2D eigenvalue weighted by atomic mass is 9.97. The van der Waals surface area contributed by atoms with Gasteiger partial charge in [0.2, 0.25) is 11.8 Å². The lowest BCUT2D eigenvalue weighted by Gasteiger charge is -2.31.